The summed E-state index contributed by atoms with van der Waals surface area (Å²) in [7, 11) is -3.81. The summed E-state index contributed by atoms with van der Waals surface area (Å²) in [5, 5.41) is 5.03. The molecule has 0 aliphatic rings. The van der Waals surface area contributed by atoms with Gasteiger partial charge in [0.2, 0.25) is 10.0 Å². The first kappa shape index (κ1) is 14.4. The predicted molar refractivity (Wildman–Crippen MR) is 69.0 cm³/mol. The van der Waals surface area contributed by atoms with Crippen molar-refractivity contribution in [2.24, 2.45) is 5.14 Å². The lowest BCUT2D eigenvalue weighted by Crippen LogP contribution is -2.13. The predicted octanol–water partition coefficient (Wildman–Crippen LogP) is 2.71. The summed E-state index contributed by atoms with van der Waals surface area (Å²) in [6, 6.07) is 6.81. The van der Waals surface area contributed by atoms with Gasteiger partial charge >= 0.3 is 0 Å². The van der Waals surface area contributed by atoms with E-state index in [0.29, 0.717) is 5.56 Å². The fraction of sp³-hybridized carbons (Fsp3) is 0.0769. The van der Waals surface area contributed by atoms with Gasteiger partial charge in [0.15, 0.2) is 0 Å². The fourth-order valence-corrected chi connectivity index (χ4v) is 2.49. The van der Waals surface area contributed by atoms with Gasteiger partial charge in [-0.25, -0.2) is 22.3 Å². The third kappa shape index (κ3) is 3.31. The Balaban J connectivity index is 2.33. The van der Waals surface area contributed by atoms with Crippen LogP contribution in [0.5, 0.6) is 11.5 Å². The van der Waals surface area contributed by atoms with Crippen LogP contribution in [-0.4, -0.2) is 8.42 Å². The van der Waals surface area contributed by atoms with Crippen molar-refractivity contribution < 1.29 is 21.9 Å². The molecule has 0 fully saturated rings. The Hall–Kier alpha value is -1.99. The molecule has 0 aliphatic heterocycles. The second-order valence-electron chi connectivity index (χ2n) is 4.18. The Labute approximate surface area is 114 Å². The molecule has 0 saturated carbocycles. The zero-order valence-corrected chi connectivity index (χ0v) is 11.2. The quantitative estimate of drug-likeness (QED) is 0.947. The van der Waals surface area contributed by atoms with Gasteiger partial charge in [0.1, 0.15) is 23.1 Å². The molecule has 0 unspecified atom stereocenters. The van der Waals surface area contributed by atoms with E-state index in [9.17, 15) is 17.2 Å². The second kappa shape index (κ2) is 5.18. The normalized spacial score (nSPS) is 11.4. The van der Waals surface area contributed by atoms with Crippen LogP contribution in [0.15, 0.2) is 41.3 Å². The first-order valence-corrected chi connectivity index (χ1v) is 7.08. The lowest BCUT2D eigenvalue weighted by atomic mass is 10.2. The van der Waals surface area contributed by atoms with E-state index in [0.717, 1.165) is 18.2 Å². The fourth-order valence-electron chi connectivity index (χ4n) is 1.73. The number of hydrogen-bond donors (Lipinski definition) is 1. The van der Waals surface area contributed by atoms with Crippen molar-refractivity contribution >= 4 is 10.0 Å². The number of ether oxygens (including phenoxy) is 1. The molecule has 2 aromatic carbocycles. The van der Waals surface area contributed by atoms with Crippen LogP contribution >= 0.6 is 0 Å². The number of primary sulfonamides is 1. The number of nitrogens with two attached hydrogens (primary N) is 1. The minimum Gasteiger partial charge on any atom is -0.457 e. The van der Waals surface area contributed by atoms with Gasteiger partial charge in [0.05, 0.1) is 4.90 Å². The van der Waals surface area contributed by atoms with Crippen molar-refractivity contribution in [2.75, 3.05) is 0 Å². The average Bonchev–Trinajstić information content (AvgIpc) is 2.25. The lowest BCUT2D eigenvalue weighted by molar-refractivity contribution is 0.467. The van der Waals surface area contributed by atoms with Crippen molar-refractivity contribution in [2.45, 2.75) is 11.8 Å². The molecule has 4 nitrogen and oxygen atoms in total. The van der Waals surface area contributed by atoms with Gasteiger partial charge in [-0.3, -0.25) is 0 Å². The largest absolute Gasteiger partial charge is 0.457 e. The third-order valence-electron chi connectivity index (χ3n) is 2.52. The summed E-state index contributed by atoms with van der Waals surface area (Å²) in [4.78, 5) is -0.0322. The number of sulfonamides is 1. The molecule has 2 aromatic rings. The SMILES string of the molecule is Cc1cc(Oc2cc(F)cc(F)c2)ccc1S(N)(=O)=O. The van der Waals surface area contributed by atoms with Gasteiger partial charge < -0.3 is 4.74 Å². The van der Waals surface area contributed by atoms with Gasteiger partial charge in [0, 0.05) is 18.2 Å². The Morgan fingerprint density at radius 1 is 1.00 bits per heavy atom. The van der Waals surface area contributed by atoms with Crippen molar-refractivity contribution in [3.8, 4) is 11.5 Å². The van der Waals surface area contributed by atoms with Gasteiger partial charge in [-0.1, -0.05) is 0 Å². The standard InChI is InChI=1S/C13H11F2NO3S/c1-8-4-11(2-3-13(8)20(16,17)18)19-12-6-9(14)5-10(15)7-12/h2-7H,1H3,(H2,16,17,18). The van der Waals surface area contributed by atoms with Gasteiger partial charge in [-0.05, 0) is 30.7 Å². The van der Waals surface area contributed by atoms with Crippen molar-refractivity contribution in [1.29, 1.82) is 0 Å². The maximum Gasteiger partial charge on any atom is 0.238 e. The van der Waals surface area contributed by atoms with E-state index in [-0.39, 0.29) is 16.4 Å². The average molecular weight is 299 g/mol. The van der Waals surface area contributed by atoms with Crippen LogP contribution in [0.4, 0.5) is 8.78 Å². The van der Waals surface area contributed by atoms with Gasteiger partial charge in [-0.2, -0.15) is 0 Å². The molecule has 2 N–H and O–H groups in total. The van der Waals surface area contributed by atoms with Crippen LogP contribution in [0.3, 0.4) is 0 Å². The number of benzene rings is 2. The number of halogens is 2. The summed E-state index contributed by atoms with van der Waals surface area (Å²) in [5.74, 6) is -1.30. The van der Waals surface area contributed by atoms with E-state index >= 15 is 0 Å². The summed E-state index contributed by atoms with van der Waals surface area (Å²) < 4.78 is 53.8. The Kier molecular flexibility index (Phi) is 3.74. The van der Waals surface area contributed by atoms with Gasteiger partial charge in [-0.15, -0.1) is 0 Å². The molecule has 0 saturated heterocycles. The maximum absolute atomic E-state index is 13.0. The molecule has 0 bridgehead atoms. The lowest BCUT2D eigenvalue weighted by Gasteiger charge is -2.09. The molecule has 0 heterocycles. The van der Waals surface area contributed by atoms with Crippen LogP contribution in [-0.2, 0) is 10.0 Å². The van der Waals surface area contributed by atoms with E-state index in [1.165, 1.54) is 18.2 Å². The minimum absolute atomic E-state index is 0.0229. The van der Waals surface area contributed by atoms with Crippen molar-refractivity contribution in [3.63, 3.8) is 0 Å². The molecular formula is C13H11F2NO3S. The zero-order valence-electron chi connectivity index (χ0n) is 10.4. The third-order valence-corrected chi connectivity index (χ3v) is 3.60. The monoisotopic (exact) mass is 299 g/mol. The summed E-state index contributed by atoms with van der Waals surface area (Å²) in [6.45, 7) is 1.54. The Bertz CT molecular complexity index is 740. The molecule has 2 rings (SSSR count). The van der Waals surface area contributed by atoms with E-state index in [4.69, 9.17) is 9.88 Å². The Morgan fingerprint density at radius 3 is 2.10 bits per heavy atom. The molecule has 0 amide bonds. The highest BCUT2D eigenvalue weighted by atomic mass is 32.2. The van der Waals surface area contributed by atoms with E-state index < -0.39 is 21.7 Å². The zero-order chi connectivity index (χ0) is 14.9. The molecule has 20 heavy (non-hydrogen) atoms. The van der Waals surface area contributed by atoms with E-state index in [1.807, 2.05) is 0 Å². The molecule has 0 radical (unpaired) electrons. The number of aryl methyl sites for hydroxylation is 1. The number of hydrogen-bond acceptors (Lipinski definition) is 3. The molecule has 0 aliphatic carbocycles. The van der Waals surface area contributed by atoms with Crippen molar-refractivity contribution in [1.82, 2.24) is 0 Å². The van der Waals surface area contributed by atoms with Crippen molar-refractivity contribution in [3.05, 3.63) is 53.6 Å². The van der Waals surface area contributed by atoms with Crippen LogP contribution in [0.2, 0.25) is 0 Å². The number of rotatable bonds is 3. The first-order chi connectivity index (χ1) is 9.25. The highest BCUT2D eigenvalue weighted by Crippen LogP contribution is 2.26. The van der Waals surface area contributed by atoms with Gasteiger partial charge in [0.25, 0.3) is 0 Å². The molecule has 0 atom stereocenters. The maximum atomic E-state index is 13.0. The smallest absolute Gasteiger partial charge is 0.238 e. The van der Waals surface area contributed by atoms with Crippen LogP contribution in [0, 0.1) is 18.6 Å². The topological polar surface area (TPSA) is 69.4 Å². The summed E-state index contributed by atoms with van der Waals surface area (Å²) >= 11 is 0. The van der Waals surface area contributed by atoms with Crippen LogP contribution in [0.25, 0.3) is 0 Å². The van der Waals surface area contributed by atoms with Crippen LogP contribution < -0.4 is 9.88 Å². The summed E-state index contributed by atoms with van der Waals surface area (Å²) in [5.41, 5.74) is 0.377. The molecule has 7 heteroatoms. The van der Waals surface area contributed by atoms with E-state index in [2.05, 4.69) is 0 Å². The first-order valence-electron chi connectivity index (χ1n) is 5.53. The highest BCUT2D eigenvalue weighted by molar-refractivity contribution is 7.89. The van der Waals surface area contributed by atoms with E-state index in [1.54, 1.807) is 6.92 Å². The molecular weight excluding hydrogens is 288 g/mol. The second-order valence-corrected chi connectivity index (χ2v) is 5.71. The summed E-state index contributed by atoms with van der Waals surface area (Å²) in [6.07, 6.45) is 0. The highest BCUT2D eigenvalue weighted by Gasteiger charge is 2.12. The van der Waals surface area contributed by atoms with Crippen LogP contribution in [0.1, 0.15) is 5.56 Å². The molecule has 0 spiro atoms. The molecule has 106 valence electrons. The minimum atomic E-state index is -3.81. The Morgan fingerprint density at radius 2 is 1.60 bits per heavy atom. The molecule has 0 aromatic heterocycles.